The molecule has 0 nitrogen and oxygen atoms in total. The van der Waals surface area contributed by atoms with E-state index in [0.29, 0.717) is 5.82 Å². The van der Waals surface area contributed by atoms with Crippen LogP contribution < -0.4 is 0 Å². The predicted octanol–water partition coefficient (Wildman–Crippen LogP) is 2.18. The summed E-state index contributed by atoms with van der Waals surface area (Å²) in [6.45, 7) is 4.50. The van der Waals surface area contributed by atoms with Crippen molar-refractivity contribution in [1.29, 1.82) is 0 Å². The molecule has 1 heteroatoms. The summed E-state index contributed by atoms with van der Waals surface area (Å²) in [6, 6.07) is 0. The van der Waals surface area contributed by atoms with E-state index in [1.54, 1.807) is 0 Å². The van der Waals surface area contributed by atoms with Crippen LogP contribution in [-0.4, -0.2) is 7.85 Å². The van der Waals surface area contributed by atoms with Gasteiger partial charge in [-0.25, -0.2) is 0 Å². The Hall–Kier alpha value is -0.195. The fourth-order valence-electron chi connectivity index (χ4n) is 1.23. The second-order valence-corrected chi connectivity index (χ2v) is 3.12. The molecule has 9 heavy (non-hydrogen) atoms. The van der Waals surface area contributed by atoms with Crippen molar-refractivity contribution in [1.82, 2.24) is 0 Å². The van der Waals surface area contributed by atoms with E-state index in [0.717, 1.165) is 18.3 Å². The van der Waals surface area contributed by atoms with E-state index < -0.39 is 0 Å². The minimum atomic E-state index is 0.316. The van der Waals surface area contributed by atoms with E-state index >= 15 is 0 Å². The van der Waals surface area contributed by atoms with Crippen molar-refractivity contribution in [2.75, 3.05) is 0 Å². The van der Waals surface area contributed by atoms with E-state index in [1.165, 1.54) is 0 Å². The highest BCUT2D eigenvalue weighted by Gasteiger charge is 2.15. The van der Waals surface area contributed by atoms with E-state index in [9.17, 15) is 0 Å². The summed E-state index contributed by atoms with van der Waals surface area (Å²) in [6.07, 6.45) is 5.49. The number of rotatable bonds is 0. The standard InChI is InChI=1S/C8H13B/c1-6-3-4-8(9)5-7(6)2/h3-4,6-8H,5H2,1-2H3. The van der Waals surface area contributed by atoms with Crippen LogP contribution >= 0.6 is 0 Å². The summed E-state index contributed by atoms with van der Waals surface area (Å²) in [7, 11) is 5.70. The van der Waals surface area contributed by atoms with Gasteiger partial charge in [0.25, 0.3) is 0 Å². The molecular formula is C8H13B. The van der Waals surface area contributed by atoms with Gasteiger partial charge in [-0.2, -0.15) is 0 Å². The molecule has 0 bridgehead atoms. The molecule has 1 aliphatic rings. The SMILES string of the molecule is [B]C1C=CC(C)C(C)C1. The molecule has 0 aliphatic heterocycles. The van der Waals surface area contributed by atoms with Gasteiger partial charge in [0, 0.05) is 0 Å². The maximum atomic E-state index is 5.70. The summed E-state index contributed by atoms with van der Waals surface area (Å²) < 4.78 is 0. The normalized spacial score (nSPS) is 43.1. The van der Waals surface area contributed by atoms with Crippen LogP contribution in [0.25, 0.3) is 0 Å². The Morgan fingerprint density at radius 3 is 2.44 bits per heavy atom. The van der Waals surface area contributed by atoms with Crippen LogP contribution in [0.1, 0.15) is 20.3 Å². The average Bonchev–Trinajstić information content (AvgIpc) is 1.80. The molecule has 48 valence electrons. The Bertz CT molecular complexity index is 118. The molecule has 0 saturated carbocycles. The first-order valence-electron chi connectivity index (χ1n) is 3.64. The van der Waals surface area contributed by atoms with Gasteiger partial charge in [0.1, 0.15) is 0 Å². The number of allylic oxidation sites excluding steroid dienone is 2. The highest BCUT2D eigenvalue weighted by atomic mass is 14.2. The molecule has 0 aromatic rings. The van der Waals surface area contributed by atoms with Crippen molar-refractivity contribution >= 4 is 7.85 Å². The summed E-state index contributed by atoms with van der Waals surface area (Å²) >= 11 is 0. The van der Waals surface area contributed by atoms with Gasteiger partial charge in [-0.3, -0.25) is 0 Å². The van der Waals surface area contributed by atoms with E-state index in [-0.39, 0.29) is 0 Å². The van der Waals surface area contributed by atoms with Crippen molar-refractivity contribution in [2.24, 2.45) is 11.8 Å². The fourth-order valence-corrected chi connectivity index (χ4v) is 1.23. The van der Waals surface area contributed by atoms with Crippen LogP contribution in [0.3, 0.4) is 0 Å². The third-order valence-electron chi connectivity index (χ3n) is 2.20. The molecule has 3 unspecified atom stereocenters. The zero-order chi connectivity index (χ0) is 6.85. The van der Waals surface area contributed by atoms with Crippen LogP contribution in [0.5, 0.6) is 0 Å². The molecule has 1 aliphatic carbocycles. The van der Waals surface area contributed by atoms with Gasteiger partial charge < -0.3 is 0 Å². The lowest BCUT2D eigenvalue weighted by molar-refractivity contribution is 0.414. The summed E-state index contributed by atoms with van der Waals surface area (Å²) in [4.78, 5) is 0. The average molecular weight is 120 g/mol. The maximum absolute atomic E-state index is 5.70. The molecule has 3 atom stereocenters. The fraction of sp³-hybridized carbons (Fsp3) is 0.750. The van der Waals surface area contributed by atoms with Gasteiger partial charge >= 0.3 is 0 Å². The molecule has 0 saturated heterocycles. The van der Waals surface area contributed by atoms with Gasteiger partial charge in [-0.1, -0.05) is 38.2 Å². The third kappa shape index (κ3) is 1.60. The Morgan fingerprint density at radius 1 is 1.33 bits per heavy atom. The number of hydrogen-bond donors (Lipinski definition) is 0. The summed E-state index contributed by atoms with van der Waals surface area (Å²) in [5.74, 6) is 1.81. The van der Waals surface area contributed by atoms with Gasteiger partial charge in [0.15, 0.2) is 0 Å². The topological polar surface area (TPSA) is 0 Å². The maximum Gasteiger partial charge on any atom is 0.0755 e. The van der Waals surface area contributed by atoms with Gasteiger partial charge in [0.2, 0.25) is 0 Å². The second kappa shape index (κ2) is 2.59. The molecule has 0 N–H and O–H groups in total. The number of hydrogen-bond acceptors (Lipinski definition) is 0. The van der Waals surface area contributed by atoms with Crippen molar-refractivity contribution in [2.45, 2.75) is 26.1 Å². The lowest BCUT2D eigenvalue weighted by Crippen LogP contribution is -2.12. The molecule has 0 amide bonds. The van der Waals surface area contributed by atoms with E-state index in [4.69, 9.17) is 7.85 Å². The van der Waals surface area contributed by atoms with Crippen molar-refractivity contribution in [3.8, 4) is 0 Å². The summed E-state index contributed by atoms with van der Waals surface area (Å²) in [5.41, 5.74) is 0. The zero-order valence-electron chi connectivity index (χ0n) is 6.17. The zero-order valence-corrected chi connectivity index (χ0v) is 6.17. The monoisotopic (exact) mass is 120 g/mol. The first-order chi connectivity index (χ1) is 4.20. The van der Waals surface area contributed by atoms with Gasteiger partial charge in [-0.15, -0.1) is 0 Å². The predicted molar refractivity (Wildman–Crippen MR) is 41.6 cm³/mol. The Balaban J connectivity index is 2.54. The third-order valence-corrected chi connectivity index (χ3v) is 2.20. The van der Waals surface area contributed by atoms with Crippen molar-refractivity contribution in [3.63, 3.8) is 0 Å². The summed E-state index contributed by atoms with van der Waals surface area (Å²) in [5, 5.41) is 0. The lowest BCUT2D eigenvalue weighted by Gasteiger charge is -2.24. The first-order valence-corrected chi connectivity index (χ1v) is 3.64. The molecular weight excluding hydrogens is 107 g/mol. The van der Waals surface area contributed by atoms with E-state index in [1.807, 2.05) is 0 Å². The smallest absolute Gasteiger partial charge is 0.0755 e. The van der Waals surface area contributed by atoms with Gasteiger partial charge in [-0.05, 0) is 11.8 Å². The van der Waals surface area contributed by atoms with Crippen molar-refractivity contribution in [3.05, 3.63) is 12.2 Å². The first kappa shape index (κ1) is 6.92. The van der Waals surface area contributed by atoms with Crippen LogP contribution in [0.4, 0.5) is 0 Å². The Labute approximate surface area is 58.8 Å². The van der Waals surface area contributed by atoms with Crippen LogP contribution in [0, 0.1) is 11.8 Å². The second-order valence-electron chi connectivity index (χ2n) is 3.12. The Morgan fingerprint density at radius 2 is 2.00 bits per heavy atom. The minimum absolute atomic E-state index is 0.316. The molecule has 0 spiro atoms. The minimum Gasteiger partial charge on any atom is -0.0938 e. The molecule has 0 aromatic heterocycles. The van der Waals surface area contributed by atoms with Crippen LogP contribution in [0.2, 0.25) is 5.82 Å². The molecule has 0 heterocycles. The molecule has 2 radical (unpaired) electrons. The van der Waals surface area contributed by atoms with Crippen LogP contribution in [-0.2, 0) is 0 Å². The molecule has 0 aromatic carbocycles. The highest BCUT2D eigenvalue weighted by molar-refractivity contribution is 6.12. The largest absolute Gasteiger partial charge is 0.0938 e. The molecule has 1 rings (SSSR count). The van der Waals surface area contributed by atoms with Gasteiger partial charge in [0.05, 0.1) is 7.85 Å². The Kier molecular flexibility index (Phi) is 1.99. The van der Waals surface area contributed by atoms with E-state index in [2.05, 4.69) is 26.0 Å². The molecule has 0 fully saturated rings. The van der Waals surface area contributed by atoms with Crippen LogP contribution in [0.15, 0.2) is 12.2 Å². The van der Waals surface area contributed by atoms with Crippen molar-refractivity contribution < 1.29 is 0 Å². The highest BCUT2D eigenvalue weighted by Crippen LogP contribution is 2.28. The lowest BCUT2D eigenvalue weighted by atomic mass is 9.72. The quantitative estimate of drug-likeness (QED) is 0.339.